The highest BCUT2D eigenvalue weighted by Crippen LogP contribution is 2.28. The largest absolute Gasteiger partial charge is 0.497 e. The lowest BCUT2D eigenvalue weighted by Gasteiger charge is -2.12. The molecule has 176 valence electrons. The van der Waals surface area contributed by atoms with E-state index in [1.165, 1.54) is 17.8 Å². The van der Waals surface area contributed by atoms with Crippen LogP contribution in [-0.4, -0.2) is 31.8 Å². The summed E-state index contributed by atoms with van der Waals surface area (Å²) in [6.45, 7) is 2.05. The molecule has 2 heterocycles. The zero-order valence-electron chi connectivity index (χ0n) is 19.2. The molecule has 0 spiro atoms. The number of para-hydroxylation sites is 3. The summed E-state index contributed by atoms with van der Waals surface area (Å²) in [4.78, 5) is 9.41. The van der Waals surface area contributed by atoms with Crippen LogP contribution in [0.2, 0.25) is 0 Å². The predicted octanol–water partition coefficient (Wildman–Crippen LogP) is 5.54. The van der Waals surface area contributed by atoms with Crippen molar-refractivity contribution in [1.82, 2.24) is 24.7 Å². The van der Waals surface area contributed by atoms with Gasteiger partial charge in [-0.3, -0.25) is 4.57 Å². The number of ether oxygens (including phenoxy) is 2. The number of rotatable bonds is 8. The van der Waals surface area contributed by atoms with Gasteiger partial charge in [0.2, 0.25) is 0 Å². The van der Waals surface area contributed by atoms with Gasteiger partial charge < -0.3 is 9.47 Å². The van der Waals surface area contributed by atoms with Crippen LogP contribution < -0.4 is 9.47 Å². The van der Waals surface area contributed by atoms with Gasteiger partial charge in [-0.25, -0.2) is 14.4 Å². The number of benzene rings is 3. The van der Waals surface area contributed by atoms with Crippen LogP contribution in [0.5, 0.6) is 11.5 Å². The summed E-state index contributed by atoms with van der Waals surface area (Å²) in [5.41, 5.74) is 3.72. The number of fused-ring (bicyclic) bond motifs is 1. The van der Waals surface area contributed by atoms with E-state index in [0.717, 1.165) is 28.2 Å². The molecule has 0 bridgehead atoms. The van der Waals surface area contributed by atoms with Gasteiger partial charge in [-0.2, -0.15) is 0 Å². The fourth-order valence-electron chi connectivity index (χ4n) is 3.58. The minimum Gasteiger partial charge on any atom is -0.497 e. The monoisotopic (exact) mass is 487 g/mol. The lowest BCUT2D eigenvalue weighted by Crippen LogP contribution is -2.08. The molecule has 2 aromatic heterocycles. The fourth-order valence-corrected chi connectivity index (χ4v) is 4.55. The van der Waals surface area contributed by atoms with Crippen LogP contribution in [0, 0.1) is 12.7 Å². The van der Waals surface area contributed by atoms with Gasteiger partial charge in [-0.15, -0.1) is 10.2 Å². The molecular formula is C26H22FN5O2S. The van der Waals surface area contributed by atoms with Crippen LogP contribution in [-0.2, 0) is 12.4 Å². The maximum Gasteiger partial charge on any atom is 0.196 e. The van der Waals surface area contributed by atoms with Crippen LogP contribution in [0.1, 0.15) is 17.2 Å². The molecule has 0 N–H and O–H groups in total. The lowest BCUT2D eigenvalue weighted by molar-refractivity contribution is 0.292. The van der Waals surface area contributed by atoms with Crippen molar-refractivity contribution in [3.63, 3.8) is 0 Å². The van der Waals surface area contributed by atoms with E-state index in [1.807, 2.05) is 43.3 Å². The highest BCUT2D eigenvalue weighted by atomic mass is 32.2. The first-order valence-corrected chi connectivity index (χ1v) is 11.9. The van der Waals surface area contributed by atoms with Crippen molar-refractivity contribution >= 4 is 22.8 Å². The molecule has 0 aliphatic rings. The molecule has 0 saturated carbocycles. The Labute approximate surface area is 206 Å². The molecule has 0 radical (unpaired) electrons. The second-order valence-corrected chi connectivity index (χ2v) is 8.63. The second kappa shape index (κ2) is 10.1. The molecule has 0 unspecified atom stereocenters. The first kappa shape index (κ1) is 22.8. The number of methoxy groups -OCH3 is 1. The van der Waals surface area contributed by atoms with Gasteiger partial charge in [-0.1, -0.05) is 36.0 Å². The molecule has 0 aliphatic carbocycles. The van der Waals surface area contributed by atoms with E-state index >= 15 is 0 Å². The Morgan fingerprint density at radius 2 is 1.54 bits per heavy atom. The molecule has 5 rings (SSSR count). The number of hydrogen-bond acceptors (Lipinski definition) is 7. The van der Waals surface area contributed by atoms with Gasteiger partial charge in [-0.05, 0) is 55.5 Å². The maximum atomic E-state index is 14.8. The van der Waals surface area contributed by atoms with Crippen molar-refractivity contribution in [2.24, 2.45) is 0 Å². The summed E-state index contributed by atoms with van der Waals surface area (Å²) in [5, 5.41) is 9.19. The molecule has 0 atom stereocenters. The first-order valence-electron chi connectivity index (χ1n) is 10.9. The number of aryl methyl sites for hydroxylation is 1. The molecule has 0 saturated heterocycles. The number of thioether (sulfide) groups is 1. The highest BCUT2D eigenvalue weighted by Gasteiger charge is 2.19. The van der Waals surface area contributed by atoms with Crippen molar-refractivity contribution in [3.8, 4) is 17.2 Å². The molecule has 3 aromatic carbocycles. The predicted molar refractivity (Wildman–Crippen MR) is 132 cm³/mol. The Kier molecular flexibility index (Phi) is 6.58. The molecule has 5 aromatic rings. The summed E-state index contributed by atoms with van der Waals surface area (Å²) < 4.78 is 27.6. The highest BCUT2D eigenvalue weighted by molar-refractivity contribution is 7.98. The van der Waals surface area contributed by atoms with Gasteiger partial charge in [0.15, 0.2) is 11.0 Å². The standard InChI is InChI=1S/C26H22FN5O2S/c1-17-23(29-22-9-5-4-8-21(22)28-17)16-35-26-31-30-25(32(26)24-10-6-3-7-20(24)27)15-34-19-13-11-18(33-2)12-14-19/h3-14H,15-16H2,1-2H3. The minimum absolute atomic E-state index is 0.114. The quantitative estimate of drug-likeness (QED) is 0.266. The fraction of sp³-hybridized carbons (Fsp3) is 0.154. The van der Waals surface area contributed by atoms with E-state index in [2.05, 4.69) is 15.2 Å². The number of aromatic nitrogens is 5. The van der Waals surface area contributed by atoms with Crippen molar-refractivity contribution in [1.29, 1.82) is 0 Å². The third-order valence-corrected chi connectivity index (χ3v) is 6.34. The summed E-state index contributed by atoms with van der Waals surface area (Å²) in [6, 6.07) is 21.5. The van der Waals surface area contributed by atoms with Crippen LogP contribution in [0.3, 0.4) is 0 Å². The maximum absolute atomic E-state index is 14.8. The molecule has 0 fully saturated rings. The van der Waals surface area contributed by atoms with Gasteiger partial charge >= 0.3 is 0 Å². The molecule has 0 amide bonds. The molecule has 9 heteroatoms. The Bertz CT molecular complexity index is 1470. The second-order valence-electron chi connectivity index (χ2n) is 7.68. The SMILES string of the molecule is COc1ccc(OCc2nnc(SCc3nc4ccccc4nc3C)n2-c2ccccc2F)cc1. The molecule has 7 nitrogen and oxygen atoms in total. The molecule has 35 heavy (non-hydrogen) atoms. The van der Waals surface area contributed by atoms with E-state index in [1.54, 1.807) is 42.0 Å². The third-order valence-electron chi connectivity index (χ3n) is 5.40. The summed E-state index contributed by atoms with van der Waals surface area (Å²) in [5.74, 6) is 1.99. The van der Waals surface area contributed by atoms with Crippen LogP contribution in [0.4, 0.5) is 4.39 Å². The lowest BCUT2D eigenvalue weighted by atomic mass is 10.2. The van der Waals surface area contributed by atoms with E-state index in [9.17, 15) is 4.39 Å². The van der Waals surface area contributed by atoms with Crippen LogP contribution in [0.25, 0.3) is 16.7 Å². The summed E-state index contributed by atoms with van der Waals surface area (Å²) in [6.07, 6.45) is 0. The van der Waals surface area contributed by atoms with Crippen molar-refractivity contribution in [3.05, 3.63) is 95.8 Å². The third kappa shape index (κ3) is 4.95. The van der Waals surface area contributed by atoms with Crippen molar-refractivity contribution < 1.29 is 13.9 Å². The average molecular weight is 488 g/mol. The van der Waals surface area contributed by atoms with E-state index in [-0.39, 0.29) is 12.4 Å². The number of nitrogens with zero attached hydrogens (tertiary/aromatic N) is 5. The van der Waals surface area contributed by atoms with Crippen LogP contribution >= 0.6 is 11.8 Å². The Morgan fingerprint density at radius 1 is 0.857 bits per heavy atom. The topological polar surface area (TPSA) is 75.0 Å². The first-order chi connectivity index (χ1) is 17.1. The van der Waals surface area contributed by atoms with Crippen molar-refractivity contribution in [2.75, 3.05) is 7.11 Å². The minimum atomic E-state index is -0.374. The van der Waals surface area contributed by atoms with E-state index in [0.29, 0.717) is 28.2 Å². The van der Waals surface area contributed by atoms with E-state index in [4.69, 9.17) is 14.5 Å². The number of hydrogen-bond donors (Lipinski definition) is 0. The number of halogens is 1. The zero-order chi connectivity index (χ0) is 24.2. The van der Waals surface area contributed by atoms with Gasteiger partial charge in [0, 0.05) is 5.75 Å². The Morgan fingerprint density at radius 3 is 2.29 bits per heavy atom. The Hall–Kier alpha value is -3.98. The molecular weight excluding hydrogens is 465 g/mol. The van der Waals surface area contributed by atoms with Gasteiger partial charge in [0.05, 0.1) is 35.2 Å². The van der Waals surface area contributed by atoms with Gasteiger partial charge in [0.1, 0.15) is 23.9 Å². The normalized spacial score (nSPS) is 11.1. The molecule has 0 aliphatic heterocycles. The van der Waals surface area contributed by atoms with E-state index < -0.39 is 0 Å². The average Bonchev–Trinajstić information content (AvgIpc) is 3.29. The Balaban J connectivity index is 1.42. The van der Waals surface area contributed by atoms with Crippen molar-refractivity contribution in [2.45, 2.75) is 24.4 Å². The smallest absolute Gasteiger partial charge is 0.196 e. The van der Waals surface area contributed by atoms with Gasteiger partial charge in [0.25, 0.3) is 0 Å². The summed E-state index contributed by atoms with van der Waals surface area (Å²) in [7, 11) is 1.61. The zero-order valence-corrected chi connectivity index (χ0v) is 20.0. The van der Waals surface area contributed by atoms with Crippen LogP contribution in [0.15, 0.2) is 78.0 Å². The summed E-state index contributed by atoms with van der Waals surface area (Å²) >= 11 is 1.42.